The van der Waals surface area contributed by atoms with E-state index in [2.05, 4.69) is 23.2 Å². The highest BCUT2D eigenvalue weighted by Gasteiger charge is 2.19. The summed E-state index contributed by atoms with van der Waals surface area (Å²) in [5, 5.41) is 0. The van der Waals surface area contributed by atoms with Crippen molar-refractivity contribution in [3.05, 3.63) is 71.8 Å². The molecule has 4 heteroatoms. The average Bonchev–Trinajstić information content (AvgIpc) is 2.55. The minimum Gasteiger partial charge on any atom is -0.335 e. The smallest absolute Gasteiger partial charge is 0.254 e. The molecule has 0 bridgehead atoms. The van der Waals surface area contributed by atoms with Crippen molar-refractivity contribution in [2.45, 2.75) is 6.42 Å². The van der Waals surface area contributed by atoms with Gasteiger partial charge in [0.25, 0.3) is 5.91 Å². The number of amides is 1. The second-order valence-electron chi connectivity index (χ2n) is 4.96. The summed E-state index contributed by atoms with van der Waals surface area (Å²) in [6.45, 7) is 1.19. The maximum atomic E-state index is 13.1. The lowest BCUT2D eigenvalue weighted by molar-refractivity contribution is 0.0772. The number of benzene rings is 1. The monoisotopic (exact) mass is 282 g/mol. The van der Waals surface area contributed by atoms with Crippen LogP contribution in [0.5, 0.6) is 0 Å². The van der Waals surface area contributed by atoms with Crippen LogP contribution in [-0.4, -0.2) is 28.9 Å². The molecule has 1 amide bonds. The minimum absolute atomic E-state index is 0.153. The van der Waals surface area contributed by atoms with E-state index in [1.807, 2.05) is 18.2 Å². The Bertz CT molecular complexity index is 682. The van der Waals surface area contributed by atoms with Gasteiger partial charge < -0.3 is 4.90 Å². The zero-order chi connectivity index (χ0) is 14.7. The quantitative estimate of drug-likeness (QED) is 0.793. The molecular formula is C17H15FN2O. The van der Waals surface area contributed by atoms with Crippen LogP contribution in [-0.2, 0) is 0 Å². The first-order valence-electron chi connectivity index (χ1n) is 6.89. The highest BCUT2D eigenvalue weighted by molar-refractivity contribution is 5.94. The van der Waals surface area contributed by atoms with Crippen LogP contribution in [0, 0.1) is 5.95 Å². The molecule has 3 rings (SSSR count). The van der Waals surface area contributed by atoms with Crippen LogP contribution in [0.15, 0.2) is 54.7 Å². The molecular weight excluding hydrogens is 267 g/mol. The maximum absolute atomic E-state index is 13.1. The van der Waals surface area contributed by atoms with Gasteiger partial charge in [-0.25, -0.2) is 4.98 Å². The third-order valence-corrected chi connectivity index (χ3v) is 3.61. The van der Waals surface area contributed by atoms with Gasteiger partial charge in [-0.3, -0.25) is 4.79 Å². The van der Waals surface area contributed by atoms with E-state index in [1.54, 1.807) is 11.0 Å². The lowest BCUT2D eigenvalue weighted by Gasteiger charge is -2.26. The van der Waals surface area contributed by atoms with Gasteiger partial charge in [-0.2, -0.15) is 4.39 Å². The van der Waals surface area contributed by atoms with Crippen molar-refractivity contribution in [3.8, 4) is 0 Å². The summed E-state index contributed by atoms with van der Waals surface area (Å²) in [4.78, 5) is 17.5. The van der Waals surface area contributed by atoms with E-state index in [9.17, 15) is 9.18 Å². The first-order chi connectivity index (χ1) is 10.2. The van der Waals surface area contributed by atoms with Crippen molar-refractivity contribution in [2.24, 2.45) is 0 Å². The molecule has 0 saturated carbocycles. The molecule has 2 aromatic rings. The summed E-state index contributed by atoms with van der Waals surface area (Å²) < 4.78 is 13.1. The van der Waals surface area contributed by atoms with Gasteiger partial charge in [0.05, 0.1) is 0 Å². The minimum atomic E-state index is -0.627. The molecule has 0 radical (unpaired) electrons. The molecule has 1 aromatic carbocycles. The summed E-state index contributed by atoms with van der Waals surface area (Å²) >= 11 is 0. The summed E-state index contributed by atoms with van der Waals surface area (Å²) in [7, 11) is 0. The summed E-state index contributed by atoms with van der Waals surface area (Å²) in [6, 6.07) is 12.9. The van der Waals surface area contributed by atoms with E-state index in [1.165, 1.54) is 23.4 Å². The highest BCUT2D eigenvalue weighted by Crippen LogP contribution is 2.22. The first kappa shape index (κ1) is 13.5. The molecule has 3 nitrogen and oxygen atoms in total. The van der Waals surface area contributed by atoms with Gasteiger partial charge in [0.15, 0.2) is 0 Å². The Morgan fingerprint density at radius 2 is 2.00 bits per heavy atom. The van der Waals surface area contributed by atoms with Gasteiger partial charge in [0, 0.05) is 30.9 Å². The van der Waals surface area contributed by atoms with E-state index < -0.39 is 5.95 Å². The molecule has 1 aliphatic rings. The number of carbonyl (C=O) groups excluding carboxylic acids is 1. The number of carbonyl (C=O) groups is 1. The van der Waals surface area contributed by atoms with E-state index in [0.717, 1.165) is 6.42 Å². The fourth-order valence-electron chi connectivity index (χ4n) is 2.49. The van der Waals surface area contributed by atoms with Crippen molar-refractivity contribution in [1.82, 2.24) is 9.88 Å². The van der Waals surface area contributed by atoms with Crippen LogP contribution >= 0.6 is 0 Å². The van der Waals surface area contributed by atoms with Gasteiger partial charge in [0.1, 0.15) is 0 Å². The Morgan fingerprint density at radius 1 is 1.19 bits per heavy atom. The van der Waals surface area contributed by atoms with Crippen LogP contribution in [0.3, 0.4) is 0 Å². The molecule has 2 heterocycles. The summed E-state index contributed by atoms with van der Waals surface area (Å²) in [5.74, 6) is -0.780. The number of hydrogen-bond acceptors (Lipinski definition) is 2. The molecule has 0 saturated heterocycles. The van der Waals surface area contributed by atoms with Gasteiger partial charge in [-0.1, -0.05) is 36.4 Å². The topological polar surface area (TPSA) is 33.2 Å². The van der Waals surface area contributed by atoms with Gasteiger partial charge >= 0.3 is 0 Å². The third kappa shape index (κ3) is 2.99. The van der Waals surface area contributed by atoms with Gasteiger partial charge in [-0.05, 0) is 23.6 Å². The van der Waals surface area contributed by atoms with Crippen molar-refractivity contribution >= 4 is 11.5 Å². The largest absolute Gasteiger partial charge is 0.335 e. The van der Waals surface area contributed by atoms with E-state index in [4.69, 9.17) is 0 Å². The Labute approximate surface area is 122 Å². The van der Waals surface area contributed by atoms with E-state index in [0.29, 0.717) is 18.7 Å². The molecule has 1 aliphatic heterocycles. The zero-order valence-electron chi connectivity index (χ0n) is 11.5. The molecule has 0 aliphatic carbocycles. The summed E-state index contributed by atoms with van der Waals surface area (Å²) in [5.41, 5.74) is 2.79. The molecule has 0 unspecified atom stereocenters. The lowest BCUT2D eigenvalue weighted by Crippen LogP contribution is -2.34. The van der Waals surface area contributed by atoms with E-state index >= 15 is 0 Å². The van der Waals surface area contributed by atoms with Gasteiger partial charge in [-0.15, -0.1) is 0 Å². The molecule has 21 heavy (non-hydrogen) atoms. The van der Waals surface area contributed by atoms with Crippen LogP contribution in [0.2, 0.25) is 0 Å². The maximum Gasteiger partial charge on any atom is 0.254 e. The standard InChI is InChI=1S/C17H15FN2O/c18-16-12-15(6-9-19-16)17(21)20-10-7-14(8-11-20)13-4-2-1-3-5-13/h1-7,9,12H,8,10-11H2. The molecule has 0 atom stereocenters. The van der Waals surface area contributed by atoms with Crippen molar-refractivity contribution in [2.75, 3.05) is 13.1 Å². The van der Waals surface area contributed by atoms with Gasteiger partial charge in [0.2, 0.25) is 5.95 Å². The second kappa shape index (κ2) is 5.87. The molecule has 0 spiro atoms. The number of hydrogen-bond donors (Lipinski definition) is 0. The van der Waals surface area contributed by atoms with Crippen LogP contribution < -0.4 is 0 Å². The Hall–Kier alpha value is -2.49. The normalized spacial score (nSPS) is 14.7. The molecule has 1 aromatic heterocycles. The van der Waals surface area contributed by atoms with Crippen molar-refractivity contribution in [3.63, 3.8) is 0 Å². The second-order valence-corrected chi connectivity index (χ2v) is 4.96. The van der Waals surface area contributed by atoms with Crippen LogP contribution in [0.25, 0.3) is 5.57 Å². The Kier molecular flexibility index (Phi) is 3.77. The Balaban J connectivity index is 1.73. The average molecular weight is 282 g/mol. The summed E-state index contributed by atoms with van der Waals surface area (Å²) in [6.07, 6.45) is 4.19. The third-order valence-electron chi connectivity index (χ3n) is 3.61. The predicted octanol–water partition coefficient (Wildman–Crippen LogP) is 3.15. The fraction of sp³-hybridized carbons (Fsp3) is 0.176. The zero-order valence-corrected chi connectivity index (χ0v) is 11.5. The molecule has 106 valence electrons. The van der Waals surface area contributed by atoms with E-state index in [-0.39, 0.29) is 5.91 Å². The van der Waals surface area contributed by atoms with Crippen LogP contribution in [0.4, 0.5) is 4.39 Å². The number of pyridine rings is 1. The van der Waals surface area contributed by atoms with Crippen LogP contribution in [0.1, 0.15) is 22.3 Å². The van der Waals surface area contributed by atoms with Crippen molar-refractivity contribution in [1.29, 1.82) is 0 Å². The number of halogens is 1. The first-order valence-corrected chi connectivity index (χ1v) is 6.89. The predicted molar refractivity (Wildman–Crippen MR) is 79.1 cm³/mol. The molecule has 0 fully saturated rings. The Morgan fingerprint density at radius 3 is 2.67 bits per heavy atom. The highest BCUT2D eigenvalue weighted by atomic mass is 19.1. The van der Waals surface area contributed by atoms with Crippen molar-refractivity contribution < 1.29 is 9.18 Å². The molecule has 0 N–H and O–H groups in total. The fourth-order valence-corrected chi connectivity index (χ4v) is 2.49. The number of nitrogens with zero attached hydrogens (tertiary/aromatic N) is 2. The number of aromatic nitrogens is 1. The number of rotatable bonds is 2. The lowest BCUT2D eigenvalue weighted by atomic mass is 9.99. The SMILES string of the molecule is O=C(c1ccnc(F)c1)N1CC=C(c2ccccc2)CC1.